The number of anilines is 3. The standard InChI is InChI=1S/C29H24N2O5/c1-34-27-16-23-22-14-8-9-15-25(22)36-26(23)17-24(27)30-28(32)19-35-29(33)18-31(20-10-4-2-5-11-20)21-12-6-3-7-13-21/h2-17H,18-19H2,1H3,(H,30,32). The lowest BCUT2D eigenvalue weighted by Gasteiger charge is -2.24. The summed E-state index contributed by atoms with van der Waals surface area (Å²) in [5.41, 5.74) is 3.47. The minimum absolute atomic E-state index is 0.0461. The molecule has 0 aliphatic heterocycles. The smallest absolute Gasteiger partial charge is 0.326 e. The number of amides is 1. The van der Waals surface area contributed by atoms with Crippen LogP contribution < -0.4 is 15.0 Å². The fourth-order valence-electron chi connectivity index (χ4n) is 4.07. The molecule has 0 spiro atoms. The largest absolute Gasteiger partial charge is 0.495 e. The Balaban J connectivity index is 1.27. The first-order valence-corrected chi connectivity index (χ1v) is 11.4. The molecule has 0 aliphatic carbocycles. The lowest BCUT2D eigenvalue weighted by atomic mass is 10.1. The molecule has 0 fully saturated rings. The Morgan fingerprint density at radius 2 is 1.44 bits per heavy atom. The van der Waals surface area contributed by atoms with Crippen molar-refractivity contribution in [3.05, 3.63) is 97.1 Å². The monoisotopic (exact) mass is 480 g/mol. The van der Waals surface area contributed by atoms with Crippen LogP contribution in [0.1, 0.15) is 0 Å². The predicted molar refractivity (Wildman–Crippen MR) is 140 cm³/mol. The van der Waals surface area contributed by atoms with Gasteiger partial charge in [-0.25, -0.2) is 0 Å². The summed E-state index contributed by atoms with van der Waals surface area (Å²) in [6, 6.07) is 30.3. The summed E-state index contributed by atoms with van der Waals surface area (Å²) in [5, 5.41) is 4.60. The van der Waals surface area contributed by atoms with Crippen LogP contribution in [0.2, 0.25) is 0 Å². The zero-order chi connectivity index (χ0) is 24.9. The Morgan fingerprint density at radius 3 is 2.11 bits per heavy atom. The Kier molecular flexibility index (Phi) is 6.53. The molecule has 1 N–H and O–H groups in total. The van der Waals surface area contributed by atoms with Gasteiger partial charge in [0.15, 0.2) is 6.61 Å². The van der Waals surface area contributed by atoms with E-state index in [0.717, 1.165) is 27.7 Å². The maximum Gasteiger partial charge on any atom is 0.326 e. The molecular formula is C29H24N2O5. The van der Waals surface area contributed by atoms with Gasteiger partial charge in [-0.15, -0.1) is 0 Å². The van der Waals surface area contributed by atoms with Crippen molar-refractivity contribution in [3.63, 3.8) is 0 Å². The quantitative estimate of drug-likeness (QED) is 0.278. The molecule has 0 radical (unpaired) electrons. The molecule has 0 aliphatic rings. The van der Waals surface area contributed by atoms with E-state index in [1.54, 1.807) is 6.07 Å². The van der Waals surface area contributed by atoms with Gasteiger partial charge in [-0.1, -0.05) is 54.6 Å². The molecule has 0 saturated carbocycles. The SMILES string of the molecule is COc1cc2c(cc1NC(=O)COC(=O)CN(c1ccccc1)c1ccccc1)oc1ccccc12. The molecule has 0 bridgehead atoms. The first kappa shape index (κ1) is 23.0. The molecule has 36 heavy (non-hydrogen) atoms. The number of nitrogens with zero attached hydrogens (tertiary/aromatic N) is 1. The topological polar surface area (TPSA) is 81.0 Å². The Hall–Kier alpha value is -4.78. The van der Waals surface area contributed by atoms with Crippen molar-refractivity contribution in [3.8, 4) is 5.75 Å². The van der Waals surface area contributed by atoms with Gasteiger partial charge in [-0.05, 0) is 36.4 Å². The molecule has 4 aromatic carbocycles. The van der Waals surface area contributed by atoms with Gasteiger partial charge in [0.05, 0.1) is 12.8 Å². The lowest BCUT2D eigenvalue weighted by molar-refractivity contribution is -0.145. The number of hydrogen-bond donors (Lipinski definition) is 1. The van der Waals surface area contributed by atoms with Gasteiger partial charge in [0, 0.05) is 28.2 Å². The van der Waals surface area contributed by atoms with Crippen molar-refractivity contribution in [1.82, 2.24) is 0 Å². The first-order chi connectivity index (χ1) is 17.6. The highest BCUT2D eigenvalue weighted by Gasteiger charge is 2.18. The number of ether oxygens (including phenoxy) is 2. The van der Waals surface area contributed by atoms with E-state index in [-0.39, 0.29) is 6.54 Å². The molecule has 0 saturated heterocycles. The van der Waals surface area contributed by atoms with Crippen LogP contribution in [0, 0.1) is 0 Å². The zero-order valence-electron chi connectivity index (χ0n) is 19.6. The normalized spacial score (nSPS) is 10.8. The number of furan rings is 1. The summed E-state index contributed by atoms with van der Waals surface area (Å²) < 4.78 is 16.7. The summed E-state index contributed by atoms with van der Waals surface area (Å²) in [6.45, 7) is -0.479. The average molecular weight is 481 g/mol. The van der Waals surface area contributed by atoms with E-state index >= 15 is 0 Å². The Morgan fingerprint density at radius 1 is 0.806 bits per heavy atom. The van der Waals surface area contributed by atoms with Crippen molar-refractivity contribution >= 4 is 50.9 Å². The van der Waals surface area contributed by atoms with Gasteiger partial charge < -0.3 is 24.1 Å². The number of hydrogen-bond acceptors (Lipinski definition) is 6. The van der Waals surface area contributed by atoms with Gasteiger partial charge >= 0.3 is 5.97 Å². The van der Waals surface area contributed by atoms with Crippen LogP contribution in [0.3, 0.4) is 0 Å². The zero-order valence-corrected chi connectivity index (χ0v) is 19.6. The van der Waals surface area contributed by atoms with Crippen LogP contribution in [-0.4, -0.2) is 32.1 Å². The highest BCUT2D eigenvalue weighted by molar-refractivity contribution is 6.08. The van der Waals surface area contributed by atoms with E-state index in [4.69, 9.17) is 13.9 Å². The number of methoxy groups -OCH3 is 1. The Bertz CT molecular complexity index is 1470. The molecule has 7 nitrogen and oxygen atoms in total. The minimum atomic E-state index is -0.530. The number of benzene rings is 4. The van der Waals surface area contributed by atoms with E-state index in [1.807, 2.05) is 95.9 Å². The van der Waals surface area contributed by atoms with E-state index < -0.39 is 18.5 Å². The summed E-state index contributed by atoms with van der Waals surface area (Å²) in [6.07, 6.45) is 0. The maximum absolute atomic E-state index is 12.7. The second kappa shape index (κ2) is 10.2. The maximum atomic E-state index is 12.7. The second-order valence-corrected chi connectivity index (χ2v) is 8.11. The molecule has 1 aromatic heterocycles. The van der Waals surface area contributed by atoms with Crippen molar-refractivity contribution in [1.29, 1.82) is 0 Å². The molecule has 0 atom stereocenters. The molecular weight excluding hydrogens is 456 g/mol. The van der Waals surface area contributed by atoms with E-state index in [9.17, 15) is 9.59 Å². The van der Waals surface area contributed by atoms with Crippen LogP contribution in [0.5, 0.6) is 5.75 Å². The molecule has 7 heteroatoms. The lowest BCUT2D eigenvalue weighted by Crippen LogP contribution is -2.29. The summed E-state index contributed by atoms with van der Waals surface area (Å²) in [7, 11) is 1.53. The van der Waals surface area contributed by atoms with Crippen molar-refractivity contribution in [2.45, 2.75) is 0 Å². The third-order valence-corrected chi connectivity index (χ3v) is 5.76. The third kappa shape index (κ3) is 4.86. The number of carbonyl (C=O) groups is 2. The molecule has 1 heterocycles. The number of nitrogens with one attached hydrogen (secondary N) is 1. The first-order valence-electron chi connectivity index (χ1n) is 11.4. The predicted octanol–water partition coefficient (Wildman–Crippen LogP) is 5.91. The third-order valence-electron chi connectivity index (χ3n) is 5.76. The highest BCUT2D eigenvalue weighted by atomic mass is 16.5. The minimum Gasteiger partial charge on any atom is -0.495 e. The molecule has 0 unspecified atom stereocenters. The number of esters is 1. The van der Waals surface area contributed by atoms with Gasteiger partial charge in [0.2, 0.25) is 0 Å². The van der Waals surface area contributed by atoms with E-state index in [0.29, 0.717) is 17.0 Å². The fourth-order valence-corrected chi connectivity index (χ4v) is 4.07. The van der Waals surface area contributed by atoms with Crippen molar-refractivity contribution in [2.75, 3.05) is 30.5 Å². The van der Waals surface area contributed by atoms with Gasteiger partial charge in [-0.2, -0.15) is 0 Å². The van der Waals surface area contributed by atoms with E-state index in [2.05, 4.69) is 5.32 Å². The molecule has 1 amide bonds. The molecule has 5 aromatic rings. The van der Waals surface area contributed by atoms with E-state index in [1.165, 1.54) is 7.11 Å². The van der Waals surface area contributed by atoms with Crippen LogP contribution in [-0.2, 0) is 14.3 Å². The summed E-state index contributed by atoms with van der Waals surface area (Å²) in [4.78, 5) is 27.1. The summed E-state index contributed by atoms with van der Waals surface area (Å²) >= 11 is 0. The Labute approximate surface area is 207 Å². The molecule has 5 rings (SSSR count). The fraction of sp³-hybridized carbons (Fsp3) is 0.103. The van der Waals surface area contributed by atoms with Crippen LogP contribution in [0.15, 0.2) is 101 Å². The van der Waals surface area contributed by atoms with Gasteiger partial charge in [0.25, 0.3) is 5.91 Å². The average Bonchev–Trinajstić information content (AvgIpc) is 3.28. The van der Waals surface area contributed by atoms with Crippen LogP contribution in [0.4, 0.5) is 17.1 Å². The van der Waals surface area contributed by atoms with Gasteiger partial charge in [0.1, 0.15) is 23.5 Å². The van der Waals surface area contributed by atoms with Crippen molar-refractivity contribution < 1.29 is 23.5 Å². The number of rotatable bonds is 8. The molecule has 180 valence electrons. The van der Waals surface area contributed by atoms with Gasteiger partial charge in [-0.3, -0.25) is 9.59 Å². The van der Waals surface area contributed by atoms with Crippen LogP contribution >= 0.6 is 0 Å². The number of carbonyl (C=O) groups excluding carboxylic acids is 2. The number of fused-ring (bicyclic) bond motifs is 3. The summed E-state index contributed by atoms with van der Waals surface area (Å²) in [5.74, 6) is -0.534. The highest BCUT2D eigenvalue weighted by Crippen LogP contribution is 2.36. The second-order valence-electron chi connectivity index (χ2n) is 8.11. The van der Waals surface area contributed by atoms with Crippen molar-refractivity contribution in [2.24, 2.45) is 0 Å². The number of para-hydroxylation sites is 3. The van der Waals surface area contributed by atoms with Crippen LogP contribution in [0.25, 0.3) is 21.9 Å².